The molecule has 0 bridgehead atoms. The van der Waals surface area contributed by atoms with Crippen LogP contribution in [0.1, 0.15) is 36.2 Å². The summed E-state index contributed by atoms with van der Waals surface area (Å²) in [7, 11) is 1.89. The van der Waals surface area contributed by atoms with Gasteiger partial charge >= 0.3 is 0 Å². The maximum atomic E-state index is 13.9. The van der Waals surface area contributed by atoms with Crippen LogP contribution in [0, 0.1) is 5.82 Å². The van der Waals surface area contributed by atoms with Gasteiger partial charge in [-0.1, -0.05) is 31.5 Å². The number of nitrogens with zero attached hydrogens (tertiary/aromatic N) is 4. The van der Waals surface area contributed by atoms with Crippen LogP contribution in [0.3, 0.4) is 0 Å². The van der Waals surface area contributed by atoms with Crippen molar-refractivity contribution in [1.82, 2.24) is 19.7 Å². The van der Waals surface area contributed by atoms with Gasteiger partial charge in [-0.25, -0.2) is 14.4 Å². The molecule has 0 unspecified atom stereocenters. The normalized spacial score (nSPS) is 11.6. The maximum Gasteiger partial charge on any atom is 0.156 e. The van der Waals surface area contributed by atoms with Crippen LogP contribution >= 0.6 is 0 Å². The summed E-state index contributed by atoms with van der Waals surface area (Å²) in [6, 6.07) is 10.5. The molecule has 0 radical (unpaired) electrons. The molecule has 1 N–H and O–H groups in total. The number of anilines is 1. The monoisotopic (exact) mass is 405 g/mol. The molecule has 6 nitrogen and oxygen atoms in total. The van der Waals surface area contributed by atoms with Gasteiger partial charge in [0.15, 0.2) is 11.6 Å². The summed E-state index contributed by atoms with van der Waals surface area (Å²) < 4.78 is 21.1. The highest BCUT2D eigenvalue weighted by atomic mass is 19.1. The molecule has 4 aromatic rings. The third-order valence-corrected chi connectivity index (χ3v) is 4.84. The van der Waals surface area contributed by atoms with Crippen LogP contribution in [0.25, 0.3) is 23.2 Å². The van der Waals surface area contributed by atoms with Crippen LogP contribution in [0.2, 0.25) is 0 Å². The molecule has 3 aromatic heterocycles. The largest absolute Gasteiger partial charge is 0.465 e. The Bertz CT molecular complexity index is 1160. The van der Waals surface area contributed by atoms with Crippen molar-refractivity contribution in [1.29, 1.82) is 0 Å². The molecule has 154 valence electrons. The molecule has 0 aliphatic heterocycles. The molecule has 0 saturated carbocycles. The molecule has 30 heavy (non-hydrogen) atoms. The van der Waals surface area contributed by atoms with E-state index in [1.54, 1.807) is 18.4 Å². The van der Waals surface area contributed by atoms with Crippen LogP contribution < -0.4 is 5.32 Å². The Balaban J connectivity index is 1.66. The van der Waals surface area contributed by atoms with Crippen molar-refractivity contribution in [3.63, 3.8) is 0 Å². The molecule has 1 aromatic carbocycles. The second kappa shape index (κ2) is 8.90. The van der Waals surface area contributed by atoms with Crippen LogP contribution in [0.5, 0.6) is 0 Å². The number of hydrogen-bond donors (Lipinski definition) is 1. The summed E-state index contributed by atoms with van der Waals surface area (Å²) in [5, 5.41) is 8.00. The van der Waals surface area contributed by atoms with Gasteiger partial charge in [-0.3, -0.25) is 4.68 Å². The van der Waals surface area contributed by atoms with Crippen molar-refractivity contribution in [3.05, 3.63) is 71.3 Å². The van der Waals surface area contributed by atoms with E-state index in [2.05, 4.69) is 22.3 Å². The summed E-state index contributed by atoms with van der Waals surface area (Å²) in [5.41, 5.74) is 3.30. The fourth-order valence-corrected chi connectivity index (χ4v) is 3.42. The second-order valence-electron chi connectivity index (χ2n) is 7.06. The minimum atomic E-state index is -0.194. The van der Waals surface area contributed by atoms with Gasteiger partial charge in [0, 0.05) is 13.6 Å². The van der Waals surface area contributed by atoms with Gasteiger partial charge in [-0.15, -0.1) is 0 Å². The number of rotatable bonds is 8. The average Bonchev–Trinajstić information content (AvgIpc) is 3.36. The first kappa shape index (κ1) is 19.8. The lowest BCUT2D eigenvalue weighted by Gasteiger charge is -2.09. The lowest BCUT2D eigenvalue weighted by Crippen LogP contribution is -2.10. The maximum absolute atomic E-state index is 13.9. The van der Waals surface area contributed by atoms with E-state index in [9.17, 15) is 4.39 Å². The van der Waals surface area contributed by atoms with E-state index in [1.165, 1.54) is 6.07 Å². The van der Waals surface area contributed by atoms with Crippen LogP contribution in [0.15, 0.2) is 47.1 Å². The molecule has 0 amide bonds. The zero-order chi connectivity index (χ0) is 20.9. The Morgan fingerprint density at radius 1 is 1.10 bits per heavy atom. The molecule has 3 heterocycles. The first-order valence-corrected chi connectivity index (χ1v) is 10.1. The zero-order valence-corrected chi connectivity index (χ0v) is 17.1. The van der Waals surface area contributed by atoms with E-state index in [1.807, 2.05) is 42.1 Å². The van der Waals surface area contributed by atoms with E-state index >= 15 is 0 Å². The topological polar surface area (TPSA) is 68.8 Å². The van der Waals surface area contributed by atoms with Crippen molar-refractivity contribution in [2.45, 2.75) is 26.2 Å². The minimum absolute atomic E-state index is 0.194. The number of hydrogen-bond acceptors (Lipinski definition) is 5. The lowest BCUT2D eigenvalue weighted by molar-refractivity contribution is 0.557. The predicted octanol–water partition coefficient (Wildman–Crippen LogP) is 4.87. The molecule has 0 aliphatic rings. The van der Waals surface area contributed by atoms with E-state index in [0.717, 1.165) is 35.3 Å². The smallest absolute Gasteiger partial charge is 0.156 e. The number of furan rings is 1. The SMILES string of the molecule is CCCc1nn(C)c2c(NCCc3ccccc3F)nc(/C=C/c3ccco3)nc12. The molecule has 7 heteroatoms. The summed E-state index contributed by atoms with van der Waals surface area (Å²) >= 11 is 0. The first-order chi connectivity index (χ1) is 14.7. The zero-order valence-electron chi connectivity index (χ0n) is 17.1. The third-order valence-electron chi connectivity index (χ3n) is 4.84. The van der Waals surface area contributed by atoms with Crippen molar-refractivity contribution < 1.29 is 8.81 Å². The number of aryl methyl sites for hydroxylation is 2. The van der Waals surface area contributed by atoms with Gasteiger partial charge in [0.1, 0.15) is 22.6 Å². The Hall–Kier alpha value is -3.48. The van der Waals surface area contributed by atoms with E-state index in [4.69, 9.17) is 9.40 Å². The molecular formula is C23H24FN5O. The van der Waals surface area contributed by atoms with Gasteiger partial charge in [0.2, 0.25) is 0 Å². The Labute approximate surface area is 174 Å². The summed E-state index contributed by atoms with van der Waals surface area (Å²) in [5.74, 6) is 1.79. The van der Waals surface area contributed by atoms with Crippen LogP contribution in [-0.4, -0.2) is 26.3 Å². The molecule has 0 spiro atoms. The van der Waals surface area contributed by atoms with E-state index in [-0.39, 0.29) is 5.82 Å². The van der Waals surface area contributed by atoms with Gasteiger partial charge in [-0.2, -0.15) is 5.10 Å². The van der Waals surface area contributed by atoms with Crippen molar-refractivity contribution in [2.75, 3.05) is 11.9 Å². The first-order valence-electron chi connectivity index (χ1n) is 10.1. The summed E-state index contributed by atoms with van der Waals surface area (Å²) in [6.07, 6.45) is 7.65. The number of fused-ring (bicyclic) bond motifs is 1. The lowest BCUT2D eigenvalue weighted by atomic mass is 10.1. The highest BCUT2D eigenvalue weighted by Gasteiger charge is 2.16. The summed E-state index contributed by atoms with van der Waals surface area (Å²) in [6.45, 7) is 2.66. The number of nitrogens with one attached hydrogen (secondary N) is 1. The molecule has 0 fully saturated rings. The van der Waals surface area contributed by atoms with Gasteiger partial charge in [-0.05, 0) is 48.8 Å². The molecular weight excluding hydrogens is 381 g/mol. The predicted molar refractivity (Wildman–Crippen MR) is 117 cm³/mol. The second-order valence-corrected chi connectivity index (χ2v) is 7.06. The standard InChI is InChI=1S/C23H24FN5O/c1-3-7-19-21-22(29(2)28-19)23(25-14-13-16-8-4-5-10-18(16)24)27-20(26-21)12-11-17-9-6-15-30-17/h4-6,8-12,15H,3,7,13-14H2,1-2H3,(H,25,26,27)/b12-11+. The highest BCUT2D eigenvalue weighted by Crippen LogP contribution is 2.24. The van der Waals surface area contributed by atoms with Crippen LogP contribution in [0.4, 0.5) is 10.2 Å². The fourth-order valence-electron chi connectivity index (χ4n) is 3.42. The van der Waals surface area contributed by atoms with Crippen LogP contribution in [-0.2, 0) is 19.9 Å². The van der Waals surface area contributed by atoms with Gasteiger partial charge < -0.3 is 9.73 Å². The molecule has 0 atom stereocenters. The Morgan fingerprint density at radius 2 is 1.97 bits per heavy atom. The number of benzene rings is 1. The average molecular weight is 405 g/mol. The highest BCUT2D eigenvalue weighted by molar-refractivity contribution is 5.88. The molecule has 0 saturated heterocycles. The van der Waals surface area contributed by atoms with Gasteiger partial charge in [0.05, 0.1) is 12.0 Å². The van der Waals surface area contributed by atoms with E-state index in [0.29, 0.717) is 30.2 Å². The van der Waals surface area contributed by atoms with Crippen molar-refractivity contribution in [3.8, 4) is 0 Å². The molecule has 0 aliphatic carbocycles. The van der Waals surface area contributed by atoms with E-state index < -0.39 is 0 Å². The minimum Gasteiger partial charge on any atom is -0.465 e. The Morgan fingerprint density at radius 3 is 2.73 bits per heavy atom. The fraction of sp³-hybridized carbons (Fsp3) is 0.261. The Kier molecular flexibility index (Phi) is 5.88. The van der Waals surface area contributed by atoms with Crippen molar-refractivity contribution in [2.24, 2.45) is 7.05 Å². The molecule has 4 rings (SSSR count). The number of aromatic nitrogens is 4. The number of halogens is 1. The van der Waals surface area contributed by atoms with Crippen molar-refractivity contribution >= 4 is 29.0 Å². The summed E-state index contributed by atoms with van der Waals surface area (Å²) in [4.78, 5) is 9.42. The quantitative estimate of drug-likeness (QED) is 0.453. The van der Waals surface area contributed by atoms with Gasteiger partial charge in [0.25, 0.3) is 0 Å². The third kappa shape index (κ3) is 4.25.